The molecule has 0 heterocycles. The van der Waals surface area contributed by atoms with Gasteiger partial charge in [0.2, 0.25) is 0 Å². The molecule has 0 aliphatic heterocycles. The number of carbonyl (C=O) groups is 3. The first-order valence-corrected chi connectivity index (χ1v) is 5.96. The highest BCUT2D eigenvalue weighted by atomic mass is 16.5. The first-order chi connectivity index (χ1) is 9.47. The molecule has 0 aromatic carbocycles. The van der Waals surface area contributed by atoms with Gasteiger partial charge in [-0.1, -0.05) is 32.6 Å². The van der Waals surface area contributed by atoms with Crippen molar-refractivity contribution in [1.82, 2.24) is 0 Å². The van der Waals surface area contributed by atoms with Crippen molar-refractivity contribution in [2.24, 2.45) is 0 Å². The standard InChI is InChI=1S/C7H8O4.C7H12O2/c1-2-11-7(10)5-3-4-6(8)9;1-3-5-6-9-7(8)4-2/h2-4H,1,5H2,(H,8,9);4H,2-3,5-6H2,1H3. The topological polar surface area (TPSA) is 89.9 Å². The first kappa shape index (κ1) is 20.0. The molecule has 0 aromatic heterocycles. The summed E-state index contributed by atoms with van der Waals surface area (Å²) in [5.74, 6) is -1.95. The summed E-state index contributed by atoms with van der Waals surface area (Å²) in [6.45, 7) is 8.98. The molecule has 0 spiro atoms. The average Bonchev–Trinajstić information content (AvgIpc) is 2.39. The van der Waals surface area contributed by atoms with E-state index in [0.29, 0.717) is 6.61 Å². The molecule has 0 saturated carbocycles. The average molecular weight is 284 g/mol. The number of esters is 2. The monoisotopic (exact) mass is 284 g/mol. The third-order valence-corrected chi connectivity index (χ3v) is 1.67. The van der Waals surface area contributed by atoms with Crippen molar-refractivity contribution in [3.05, 3.63) is 37.6 Å². The number of hydrogen-bond acceptors (Lipinski definition) is 5. The van der Waals surface area contributed by atoms with Crippen LogP contribution in [0, 0.1) is 0 Å². The molecule has 0 atom stereocenters. The maximum Gasteiger partial charge on any atom is 0.330 e. The number of carbonyl (C=O) groups excluding carboxylic acids is 2. The van der Waals surface area contributed by atoms with Crippen molar-refractivity contribution in [3.63, 3.8) is 0 Å². The smallest absolute Gasteiger partial charge is 0.330 e. The summed E-state index contributed by atoms with van der Waals surface area (Å²) in [4.78, 5) is 30.7. The molecule has 112 valence electrons. The quantitative estimate of drug-likeness (QED) is 0.318. The van der Waals surface area contributed by atoms with E-state index in [4.69, 9.17) is 5.11 Å². The van der Waals surface area contributed by atoms with E-state index in [9.17, 15) is 14.4 Å². The minimum absolute atomic E-state index is 0.0572. The molecule has 0 aromatic rings. The zero-order chi connectivity index (χ0) is 15.8. The van der Waals surface area contributed by atoms with E-state index in [1.54, 1.807) is 0 Å². The van der Waals surface area contributed by atoms with Gasteiger partial charge < -0.3 is 14.6 Å². The second-order valence-corrected chi connectivity index (χ2v) is 3.33. The van der Waals surface area contributed by atoms with Crippen LogP contribution in [0.3, 0.4) is 0 Å². The van der Waals surface area contributed by atoms with E-state index in [1.807, 2.05) is 6.92 Å². The van der Waals surface area contributed by atoms with Crippen LogP contribution in [0.15, 0.2) is 37.6 Å². The number of rotatable bonds is 8. The van der Waals surface area contributed by atoms with Crippen molar-refractivity contribution >= 4 is 17.9 Å². The molecule has 0 aliphatic rings. The Morgan fingerprint density at radius 1 is 1.25 bits per heavy atom. The van der Waals surface area contributed by atoms with Crippen LogP contribution in [0.25, 0.3) is 0 Å². The van der Waals surface area contributed by atoms with Gasteiger partial charge in [0.05, 0.1) is 19.3 Å². The van der Waals surface area contributed by atoms with Crippen LogP contribution < -0.4 is 0 Å². The lowest BCUT2D eigenvalue weighted by atomic mass is 10.4. The van der Waals surface area contributed by atoms with Gasteiger partial charge in [-0.2, -0.15) is 0 Å². The zero-order valence-electron chi connectivity index (χ0n) is 11.5. The van der Waals surface area contributed by atoms with Gasteiger partial charge in [0.15, 0.2) is 0 Å². The van der Waals surface area contributed by atoms with Crippen LogP contribution in [0.1, 0.15) is 26.2 Å². The Morgan fingerprint density at radius 3 is 2.35 bits per heavy atom. The lowest BCUT2D eigenvalue weighted by Gasteiger charge is -1.97. The summed E-state index contributed by atoms with van der Waals surface area (Å²) in [6.07, 6.45) is 6.17. The Morgan fingerprint density at radius 2 is 1.90 bits per heavy atom. The van der Waals surface area contributed by atoms with E-state index in [2.05, 4.69) is 22.6 Å². The van der Waals surface area contributed by atoms with Gasteiger partial charge in [0.1, 0.15) is 0 Å². The first-order valence-electron chi connectivity index (χ1n) is 5.96. The van der Waals surface area contributed by atoms with Gasteiger partial charge in [-0.25, -0.2) is 9.59 Å². The molecule has 20 heavy (non-hydrogen) atoms. The molecule has 0 aliphatic carbocycles. The summed E-state index contributed by atoms with van der Waals surface area (Å²) in [5, 5.41) is 8.10. The second-order valence-electron chi connectivity index (χ2n) is 3.33. The Bertz CT molecular complexity index is 357. The summed E-state index contributed by atoms with van der Waals surface area (Å²) < 4.78 is 8.98. The van der Waals surface area contributed by atoms with Gasteiger partial charge in [-0.05, 0) is 6.42 Å². The highest BCUT2D eigenvalue weighted by Gasteiger charge is 1.95. The number of ether oxygens (including phenoxy) is 2. The highest BCUT2D eigenvalue weighted by molar-refractivity contribution is 5.81. The lowest BCUT2D eigenvalue weighted by molar-refractivity contribution is -0.138. The summed E-state index contributed by atoms with van der Waals surface area (Å²) in [5.41, 5.74) is 0. The van der Waals surface area contributed by atoms with Crippen molar-refractivity contribution in [2.45, 2.75) is 26.2 Å². The van der Waals surface area contributed by atoms with E-state index in [0.717, 1.165) is 25.2 Å². The van der Waals surface area contributed by atoms with E-state index in [-0.39, 0.29) is 12.4 Å². The summed E-state index contributed by atoms with van der Waals surface area (Å²) in [6, 6.07) is 0. The van der Waals surface area contributed by atoms with E-state index < -0.39 is 11.9 Å². The number of unbranched alkanes of at least 4 members (excludes halogenated alkanes) is 1. The number of carboxylic acid groups (broad SMARTS) is 1. The van der Waals surface area contributed by atoms with Crippen molar-refractivity contribution in [2.75, 3.05) is 6.61 Å². The Kier molecular flexibility index (Phi) is 14.7. The van der Waals surface area contributed by atoms with Crippen LogP contribution in [0.5, 0.6) is 0 Å². The number of carboxylic acids is 1. The molecule has 0 rings (SSSR count). The molecular formula is C14H20O6. The molecular weight excluding hydrogens is 264 g/mol. The Labute approximate surface area is 118 Å². The van der Waals surface area contributed by atoms with Crippen LogP contribution in [-0.4, -0.2) is 29.6 Å². The van der Waals surface area contributed by atoms with Gasteiger partial charge >= 0.3 is 17.9 Å². The molecule has 6 nitrogen and oxygen atoms in total. The normalized spacial score (nSPS) is 9.05. The minimum atomic E-state index is -1.09. The van der Waals surface area contributed by atoms with Crippen LogP contribution in [0.2, 0.25) is 0 Å². The molecule has 6 heteroatoms. The van der Waals surface area contributed by atoms with Crippen LogP contribution >= 0.6 is 0 Å². The van der Waals surface area contributed by atoms with Crippen molar-refractivity contribution in [1.29, 1.82) is 0 Å². The largest absolute Gasteiger partial charge is 0.478 e. The molecule has 1 N–H and O–H groups in total. The molecule has 0 radical (unpaired) electrons. The van der Waals surface area contributed by atoms with E-state index in [1.165, 1.54) is 12.2 Å². The summed E-state index contributed by atoms with van der Waals surface area (Å²) >= 11 is 0. The number of hydrogen-bond donors (Lipinski definition) is 1. The van der Waals surface area contributed by atoms with Crippen LogP contribution in [0.4, 0.5) is 0 Å². The van der Waals surface area contributed by atoms with E-state index >= 15 is 0 Å². The van der Waals surface area contributed by atoms with Gasteiger partial charge in [-0.3, -0.25) is 4.79 Å². The summed E-state index contributed by atoms with van der Waals surface area (Å²) in [7, 11) is 0. The molecule has 0 bridgehead atoms. The van der Waals surface area contributed by atoms with Gasteiger partial charge in [0.25, 0.3) is 0 Å². The van der Waals surface area contributed by atoms with Crippen molar-refractivity contribution in [3.8, 4) is 0 Å². The third-order valence-electron chi connectivity index (χ3n) is 1.67. The Hall–Kier alpha value is -2.37. The molecule has 0 amide bonds. The number of aliphatic carboxylic acids is 1. The highest BCUT2D eigenvalue weighted by Crippen LogP contribution is 1.88. The van der Waals surface area contributed by atoms with Crippen molar-refractivity contribution < 1.29 is 29.0 Å². The lowest BCUT2D eigenvalue weighted by Crippen LogP contribution is -2.00. The predicted molar refractivity (Wildman–Crippen MR) is 73.7 cm³/mol. The minimum Gasteiger partial charge on any atom is -0.478 e. The zero-order valence-corrected chi connectivity index (χ0v) is 11.5. The van der Waals surface area contributed by atoms with Gasteiger partial charge in [0, 0.05) is 12.2 Å². The predicted octanol–water partition coefficient (Wildman–Crippen LogP) is 2.22. The molecule has 0 fully saturated rings. The fourth-order valence-corrected chi connectivity index (χ4v) is 0.773. The maximum atomic E-state index is 10.5. The molecule has 0 saturated heterocycles. The second kappa shape index (κ2) is 14.7. The third kappa shape index (κ3) is 18.0. The van der Waals surface area contributed by atoms with Gasteiger partial charge in [-0.15, -0.1) is 0 Å². The van der Waals surface area contributed by atoms with Crippen LogP contribution in [-0.2, 0) is 23.9 Å². The SMILES string of the molecule is C=CC(=O)OCCCC.C=COC(=O)CC=CC(=O)O. The fraction of sp³-hybridized carbons (Fsp3) is 0.357. The fourth-order valence-electron chi connectivity index (χ4n) is 0.773. The molecule has 0 unspecified atom stereocenters. The Balaban J connectivity index is 0. The maximum absolute atomic E-state index is 10.5.